The fraction of sp³-hybridized carbons (Fsp3) is 0.393. The summed E-state index contributed by atoms with van der Waals surface area (Å²) in [6.45, 7) is 8.28. The highest BCUT2D eigenvalue weighted by Gasteiger charge is 2.36. The molecular formula is C28H29ClF2N4O4. The van der Waals surface area contributed by atoms with Crippen molar-refractivity contribution in [2.24, 2.45) is 0 Å². The number of aliphatic hydroxyl groups is 1. The van der Waals surface area contributed by atoms with Gasteiger partial charge in [0.25, 0.3) is 0 Å². The average molecular weight is 559 g/mol. The van der Waals surface area contributed by atoms with Crippen LogP contribution >= 0.6 is 11.6 Å². The molecular weight excluding hydrogens is 530 g/mol. The maximum Gasteiger partial charge on any atom is 0.350 e. The molecule has 0 saturated carbocycles. The molecule has 1 fully saturated rings. The second-order valence-electron chi connectivity index (χ2n) is 10.0. The number of hydrogen-bond acceptors (Lipinski definition) is 6. The Kier molecular flexibility index (Phi) is 7.35. The van der Waals surface area contributed by atoms with Gasteiger partial charge in [-0.25, -0.2) is 13.6 Å². The Labute approximate surface area is 229 Å². The van der Waals surface area contributed by atoms with Gasteiger partial charge in [-0.15, -0.1) is 0 Å². The summed E-state index contributed by atoms with van der Waals surface area (Å²) >= 11 is 6.76. The van der Waals surface area contributed by atoms with Crippen LogP contribution in [0.5, 0.6) is 5.75 Å². The number of amides is 1. The van der Waals surface area contributed by atoms with E-state index in [9.17, 15) is 23.5 Å². The molecule has 3 atom stereocenters. The van der Waals surface area contributed by atoms with Crippen molar-refractivity contribution in [3.8, 4) is 16.9 Å². The monoisotopic (exact) mass is 558 g/mol. The minimum absolute atomic E-state index is 0.0445. The Morgan fingerprint density at radius 2 is 2.03 bits per heavy atom. The summed E-state index contributed by atoms with van der Waals surface area (Å²) < 4.78 is 36.4. The van der Waals surface area contributed by atoms with Gasteiger partial charge in [0, 0.05) is 54.4 Å². The first kappa shape index (κ1) is 27.1. The summed E-state index contributed by atoms with van der Waals surface area (Å²) in [6, 6.07) is 4.04. The number of benzene rings is 2. The van der Waals surface area contributed by atoms with E-state index in [4.69, 9.17) is 16.3 Å². The van der Waals surface area contributed by atoms with Crippen molar-refractivity contribution in [3.05, 3.63) is 64.1 Å². The maximum absolute atomic E-state index is 15.0. The molecule has 2 aliphatic rings. The molecule has 2 aromatic carbocycles. The molecule has 3 aromatic rings. The SMILES string of the molecule is C=CC(=O)N1C[C@H](C)N(c2nc(=O)n3c4c(c(-c5ccc(F)cc5F)c(Cl)cc24)OC[C@H]3CCCO)C[C@H]1C. The Morgan fingerprint density at radius 1 is 1.26 bits per heavy atom. The largest absolute Gasteiger partial charge is 0.488 e. The van der Waals surface area contributed by atoms with E-state index >= 15 is 0 Å². The molecule has 1 aromatic heterocycles. The molecule has 0 aliphatic carbocycles. The van der Waals surface area contributed by atoms with Crippen molar-refractivity contribution in [1.82, 2.24) is 14.5 Å². The molecule has 1 saturated heterocycles. The van der Waals surface area contributed by atoms with Crippen LogP contribution < -0.4 is 15.3 Å². The molecule has 2 aliphatic heterocycles. The number of anilines is 1. The number of ether oxygens (including phenoxy) is 1. The summed E-state index contributed by atoms with van der Waals surface area (Å²) in [4.78, 5) is 34.2. The van der Waals surface area contributed by atoms with E-state index in [2.05, 4.69) is 11.6 Å². The highest BCUT2D eigenvalue weighted by Crippen LogP contribution is 2.47. The van der Waals surface area contributed by atoms with Crippen molar-refractivity contribution in [1.29, 1.82) is 0 Å². The van der Waals surface area contributed by atoms with E-state index in [0.717, 1.165) is 12.1 Å². The van der Waals surface area contributed by atoms with E-state index in [1.54, 1.807) is 11.0 Å². The normalized spacial score (nSPS) is 20.7. The molecule has 1 N–H and O–H groups in total. The zero-order valence-corrected chi connectivity index (χ0v) is 22.4. The van der Waals surface area contributed by atoms with Gasteiger partial charge in [0.2, 0.25) is 5.91 Å². The third kappa shape index (κ3) is 4.65. The first-order chi connectivity index (χ1) is 18.7. The Bertz CT molecular complexity index is 1530. The number of halogens is 3. The van der Waals surface area contributed by atoms with Gasteiger partial charge in [0.1, 0.15) is 24.1 Å². The first-order valence-electron chi connectivity index (χ1n) is 12.8. The number of hydrogen-bond donors (Lipinski definition) is 1. The first-order valence-corrected chi connectivity index (χ1v) is 13.2. The van der Waals surface area contributed by atoms with Crippen molar-refractivity contribution in [2.75, 3.05) is 31.2 Å². The number of nitrogens with zero attached hydrogens (tertiary/aromatic N) is 4. The van der Waals surface area contributed by atoms with Crippen LogP contribution in [-0.4, -0.2) is 63.9 Å². The lowest BCUT2D eigenvalue weighted by Gasteiger charge is -2.45. The molecule has 3 heterocycles. The van der Waals surface area contributed by atoms with Gasteiger partial charge in [-0.05, 0) is 51.0 Å². The molecule has 8 nitrogen and oxygen atoms in total. The van der Waals surface area contributed by atoms with Crippen molar-refractivity contribution >= 4 is 34.2 Å². The maximum atomic E-state index is 15.0. The van der Waals surface area contributed by atoms with Crippen LogP contribution in [-0.2, 0) is 4.79 Å². The van der Waals surface area contributed by atoms with E-state index < -0.39 is 23.4 Å². The summed E-state index contributed by atoms with van der Waals surface area (Å²) in [5.74, 6) is -1.12. The Hall–Kier alpha value is -3.50. The number of carbonyl (C=O) groups excluding carboxylic acids is 1. The van der Waals surface area contributed by atoms with Crippen molar-refractivity contribution < 1.29 is 23.4 Å². The molecule has 1 amide bonds. The van der Waals surface area contributed by atoms with E-state index in [1.807, 2.05) is 18.7 Å². The van der Waals surface area contributed by atoms with E-state index in [0.29, 0.717) is 42.7 Å². The molecule has 39 heavy (non-hydrogen) atoms. The van der Waals surface area contributed by atoms with Gasteiger partial charge in [-0.3, -0.25) is 9.36 Å². The second kappa shape index (κ2) is 10.6. The number of carbonyl (C=O) groups is 1. The zero-order valence-electron chi connectivity index (χ0n) is 21.7. The Balaban J connectivity index is 1.75. The van der Waals surface area contributed by atoms with E-state index in [1.165, 1.54) is 16.7 Å². The van der Waals surface area contributed by atoms with Crippen molar-refractivity contribution in [2.45, 2.75) is 44.8 Å². The van der Waals surface area contributed by atoms with Gasteiger partial charge < -0.3 is 19.6 Å². The van der Waals surface area contributed by atoms with Crippen LogP contribution in [0.25, 0.3) is 22.0 Å². The number of rotatable bonds is 6. The lowest BCUT2D eigenvalue weighted by atomic mass is 9.98. The topological polar surface area (TPSA) is 87.9 Å². The fourth-order valence-corrected chi connectivity index (χ4v) is 5.90. The van der Waals surface area contributed by atoms with Crippen molar-refractivity contribution in [3.63, 3.8) is 0 Å². The third-order valence-corrected chi connectivity index (χ3v) is 7.79. The molecule has 0 bridgehead atoms. The van der Waals surface area contributed by atoms with Gasteiger partial charge in [-0.2, -0.15) is 4.98 Å². The van der Waals surface area contributed by atoms with Crippen LogP contribution in [0.3, 0.4) is 0 Å². The minimum atomic E-state index is -0.813. The fourth-order valence-electron chi connectivity index (χ4n) is 5.61. The molecule has 0 unspecified atom stereocenters. The van der Waals surface area contributed by atoms with Gasteiger partial charge in [0.05, 0.1) is 16.6 Å². The number of aromatic nitrogens is 2. The third-order valence-electron chi connectivity index (χ3n) is 7.49. The second-order valence-corrected chi connectivity index (χ2v) is 10.5. The van der Waals surface area contributed by atoms with Crippen LogP contribution in [0.15, 0.2) is 41.7 Å². The zero-order chi connectivity index (χ0) is 28.0. The predicted octanol–water partition coefficient (Wildman–Crippen LogP) is 4.31. The lowest BCUT2D eigenvalue weighted by molar-refractivity contribution is -0.128. The summed E-state index contributed by atoms with van der Waals surface area (Å²) in [5.41, 5.74) is 0.160. The molecule has 0 spiro atoms. The summed E-state index contributed by atoms with van der Waals surface area (Å²) in [6.07, 6.45) is 2.19. The van der Waals surface area contributed by atoms with Crippen LogP contribution in [0.4, 0.5) is 14.6 Å². The molecule has 11 heteroatoms. The summed E-state index contributed by atoms with van der Waals surface area (Å²) in [7, 11) is 0. The summed E-state index contributed by atoms with van der Waals surface area (Å²) in [5, 5.41) is 10.1. The average Bonchev–Trinajstić information content (AvgIpc) is 2.90. The smallest absolute Gasteiger partial charge is 0.350 e. The molecule has 5 rings (SSSR count). The van der Waals surface area contributed by atoms with Gasteiger partial charge in [-0.1, -0.05) is 18.2 Å². The lowest BCUT2D eigenvalue weighted by Crippen LogP contribution is -2.58. The number of piperazine rings is 1. The highest BCUT2D eigenvalue weighted by molar-refractivity contribution is 6.35. The Morgan fingerprint density at radius 3 is 2.72 bits per heavy atom. The van der Waals surface area contributed by atoms with Crippen LogP contribution in [0, 0.1) is 11.6 Å². The van der Waals surface area contributed by atoms with Gasteiger partial charge >= 0.3 is 5.69 Å². The minimum Gasteiger partial charge on any atom is -0.488 e. The quantitative estimate of drug-likeness (QED) is 0.454. The molecule has 0 radical (unpaired) electrons. The van der Waals surface area contributed by atoms with E-state index in [-0.39, 0.29) is 53.1 Å². The number of aliphatic hydroxyl groups excluding tert-OH is 1. The van der Waals surface area contributed by atoms with Crippen LogP contribution in [0.2, 0.25) is 5.02 Å². The standard InChI is InChI=1S/C28H29ClF2N4O4/c1-4-23(37)33-12-16(3)34(13-15(33)2)27-20-11-21(29)24(19-8-7-17(30)10-22(19)31)26-25(20)35(28(38)32-27)18(14-39-26)6-5-9-36/h4,7-8,10-11,15-16,18,36H,1,5-6,9,12-14H2,2-3H3/t15-,16+,18-/m1/s1. The van der Waals surface area contributed by atoms with Crippen LogP contribution in [0.1, 0.15) is 32.7 Å². The molecule has 206 valence electrons. The highest BCUT2D eigenvalue weighted by atomic mass is 35.5. The van der Waals surface area contributed by atoms with Gasteiger partial charge in [0.15, 0.2) is 5.75 Å². The predicted molar refractivity (Wildman–Crippen MR) is 145 cm³/mol.